The van der Waals surface area contributed by atoms with Crippen molar-refractivity contribution < 1.29 is 4.79 Å². The van der Waals surface area contributed by atoms with Gasteiger partial charge in [0.05, 0.1) is 11.9 Å². The lowest BCUT2D eigenvalue weighted by atomic mass is 10.1. The zero-order chi connectivity index (χ0) is 19.5. The molecule has 1 atom stereocenters. The van der Waals surface area contributed by atoms with E-state index >= 15 is 0 Å². The fourth-order valence-corrected chi connectivity index (χ4v) is 3.75. The van der Waals surface area contributed by atoms with E-state index in [1.807, 2.05) is 53.4 Å². The molecule has 0 radical (unpaired) electrons. The summed E-state index contributed by atoms with van der Waals surface area (Å²) in [5.41, 5.74) is 4.79. The second-order valence-corrected chi connectivity index (χ2v) is 7.53. The van der Waals surface area contributed by atoms with Gasteiger partial charge in [-0.25, -0.2) is 4.98 Å². The zero-order valence-electron chi connectivity index (χ0n) is 15.7. The number of rotatable bonds is 5. The molecule has 2 aromatic carbocycles. The molecule has 0 saturated heterocycles. The highest BCUT2D eigenvalue weighted by Gasteiger charge is 2.31. The second kappa shape index (κ2) is 8.03. The molecule has 4 nitrogen and oxygen atoms in total. The Labute approximate surface area is 170 Å². The number of nitrogens with zero attached hydrogens (tertiary/aromatic N) is 2. The summed E-state index contributed by atoms with van der Waals surface area (Å²) < 4.78 is 0. The van der Waals surface area contributed by atoms with E-state index in [0.29, 0.717) is 5.69 Å². The Bertz CT molecular complexity index is 970. The molecule has 3 aromatic rings. The van der Waals surface area contributed by atoms with Crippen LogP contribution in [-0.2, 0) is 12.8 Å². The van der Waals surface area contributed by atoms with Crippen LogP contribution in [0, 0.1) is 0 Å². The number of aromatic nitrogens is 1. The van der Waals surface area contributed by atoms with Crippen LogP contribution in [0.5, 0.6) is 0 Å². The highest BCUT2D eigenvalue weighted by Crippen LogP contribution is 2.32. The Hall–Kier alpha value is -2.85. The number of anilines is 2. The quantitative estimate of drug-likeness (QED) is 0.667. The summed E-state index contributed by atoms with van der Waals surface area (Å²) in [6, 6.07) is 19.8. The van der Waals surface area contributed by atoms with Gasteiger partial charge in [-0.15, -0.1) is 0 Å². The van der Waals surface area contributed by atoms with Crippen molar-refractivity contribution in [3.8, 4) is 0 Å². The van der Waals surface area contributed by atoms with Gasteiger partial charge >= 0.3 is 0 Å². The van der Waals surface area contributed by atoms with E-state index < -0.39 is 0 Å². The Morgan fingerprint density at radius 1 is 1.14 bits per heavy atom. The Balaban J connectivity index is 1.39. The van der Waals surface area contributed by atoms with Crippen molar-refractivity contribution in [3.05, 3.63) is 88.7 Å². The van der Waals surface area contributed by atoms with Crippen LogP contribution in [-0.4, -0.2) is 23.5 Å². The molecule has 0 saturated carbocycles. The number of nitrogens with one attached hydrogen (secondary N) is 1. The number of amides is 1. The number of benzene rings is 2. The minimum absolute atomic E-state index is 0.0508. The van der Waals surface area contributed by atoms with Crippen LogP contribution in [0.25, 0.3) is 0 Å². The SMILES string of the molecule is CC1Cc2ccccc2N1C(=O)c1ccc(NCCc2ccc(Cl)cc2)cn1. The van der Waals surface area contributed by atoms with Gasteiger partial charge in [0, 0.05) is 23.3 Å². The number of carbonyl (C=O) groups excluding carboxylic acids is 1. The van der Waals surface area contributed by atoms with Crippen molar-refractivity contribution in [3.63, 3.8) is 0 Å². The van der Waals surface area contributed by atoms with Crippen molar-refractivity contribution in [2.75, 3.05) is 16.8 Å². The molecule has 0 fully saturated rings. The van der Waals surface area contributed by atoms with Crippen molar-refractivity contribution >= 4 is 28.9 Å². The van der Waals surface area contributed by atoms with E-state index in [-0.39, 0.29) is 11.9 Å². The van der Waals surface area contributed by atoms with Gasteiger partial charge in [0.15, 0.2) is 0 Å². The minimum atomic E-state index is -0.0508. The predicted molar refractivity (Wildman–Crippen MR) is 114 cm³/mol. The number of hydrogen-bond donors (Lipinski definition) is 1. The van der Waals surface area contributed by atoms with Gasteiger partial charge in [-0.1, -0.05) is 41.9 Å². The maximum Gasteiger partial charge on any atom is 0.277 e. The minimum Gasteiger partial charge on any atom is -0.383 e. The standard InChI is InChI=1S/C23H22ClN3O/c1-16-14-18-4-2-3-5-22(18)27(16)23(28)21-11-10-20(15-26-21)25-13-12-17-6-8-19(24)9-7-17/h2-11,15-16,25H,12-14H2,1H3. The van der Waals surface area contributed by atoms with Crippen LogP contribution in [0.1, 0.15) is 28.5 Å². The number of halogens is 1. The first-order valence-corrected chi connectivity index (χ1v) is 9.85. The number of pyridine rings is 1. The monoisotopic (exact) mass is 391 g/mol. The van der Waals surface area contributed by atoms with Gasteiger partial charge in [0.2, 0.25) is 0 Å². The lowest BCUT2D eigenvalue weighted by Crippen LogP contribution is -2.36. The van der Waals surface area contributed by atoms with E-state index in [0.717, 1.165) is 35.8 Å². The highest BCUT2D eigenvalue weighted by molar-refractivity contribution is 6.30. The molecule has 4 rings (SSSR count). The molecule has 1 aromatic heterocycles. The second-order valence-electron chi connectivity index (χ2n) is 7.09. The van der Waals surface area contributed by atoms with Gasteiger partial charge in [-0.2, -0.15) is 0 Å². The van der Waals surface area contributed by atoms with Gasteiger partial charge in [-0.3, -0.25) is 4.79 Å². The van der Waals surface area contributed by atoms with Crippen molar-refractivity contribution in [1.29, 1.82) is 0 Å². The number of fused-ring (bicyclic) bond motifs is 1. The van der Waals surface area contributed by atoms with Gasteiger partial charge in [-0.05, 0) is 61.2 Å². The number of para-hydroxylation sites is 1. The first-order chi connectivity index (χ1) is 13.6. The normalized spacial score (nSPS) is 15.4. The van der Waals surface area contributed by atoms with Crippen molar-refractivity contribution in [2.45, 2.75) is 25.8 Å². The fraction of sp³-hybridized carbons (Fsp3) is 0.217. The summed E-state index contributed by atoms with van der Waals surface area (Å²) in [5, 5.41) is 4.09. The molecule has 142 valence electrons. The predicted octanol–water partition coefficient (Wildman–Crippen LogP) is 4.98. The fourth-order valence-electron chi connectivity index (χ4n) is 3.63. The summed E-state index contributed by atoms with van der Waals surface area (Å²) >= 11 is 5.91. The first kappa shape index (κ1) is 18.5. The maximum absolute atomic E-state index is 13.0. The van der Waals surface area contributed by atoms with E-state index in [1.54, 1.807) is 12.3 Å². The molecule has 0 bridgehead atoms. The van der Waals surface area contributed by atoms with Crippen LogP contribution < -0.4 is 10.2 Å². The van der Waals surface area contributed by atoms with Crippen molar-refractivity contribution in [1.82, 2.24) is 4.98 Å². The molecular weight excluding hydrogens is 370 g/mol. The molecule has 1 unspecified atom stereocenters. The average molecular weight is 392 g/mol. The van der Waals surface area contributed by atoms with Crippen LogP contribution in [0.15, 0.2) is 66.9 Å². The third kappa shape index (κ3) is 3.87. The van der Waals surface area contributed by atoms with Crippen LogP contribution in [0.2, 0.25) is 5.02 Å². The Morgan fingerprint density at radius 3 is 2.68 bits per heavy atom. The molecule has 1 amide bonds. The van der Waals surface area contributed by atoms with Gasteiger partial charge in [0.25, 0.3) is 5.91 Å². The maximum atomic E-state index is 13.0. The average Bonchev–Trinajstić information content (AvgIpc) is 3.05. The molecule has 1 N–H and O–H groups in total. The highest BCUT2D eigenvalue weighted by atomic mass is 35.5. The van der Waals surface area contributed by atoms with E-state index in [1.165, 1.54) is 11.1 Å². The smallest absolute Gasteiger partial charge is 0.277 e. The Kier molecular flexibility index (Phi) is 5.31. The topological polar surface area (TPSA) is 45.2 Å². The van der Waals surface area contributed by atoms with Gasteiger partial charge < -0.3 is 10.2 Å². The summed E-state index contributed by atoms with van der Waals surface area (Å²) in [7, 11) is 0. The first-order valence-electron chi connectivity index (χ1n) is 9.47. The van der Waals surface area contributed by atoms with Crippen LogP contribution >= 0.6 is 11.6 Å². The van der Waals surface area contributed by atoms with E-state index in [2.05, 4.69) is 23.3 Å². The lowest BCUT2D eigenvalue weighted by molar-refractivity contribution is 0.0976. The van der Waals surface area contributed by atoms with E-state index in [4.69, 9.17) is 11.6 Å². The Morgan fingerprint density at radius 2 is 1.93 bits per heavy atom. The van der Waals surface area contributed by atoms with Crippen molar-refractivity contribution in [2.24, 2.45) is 0 Å². The summed E-state index contributed by atoms with van der Waals surface area (Å²) in [5.74, 6) is -0.0508. The number of carbonyl (C=O) groups is 1. The molecule has 1 aliphatic rings. The molecule has 28 heavy (non-hydrogen) atoms. The molecule has 0 spiro atoms. The summed E-state index contributed by atoms with van der Waals surface area (Å²) in [6.45, 7) is 2.86. The van der Waals surface area contributed by atoms with Crippen LogP contribution in [0.4, 0.5) is 11.4 Å². The molecule has 1 aliphatic heterocycles. The molecule has 2 heterocycles. The number of hydrogen-bond acceptors (Lipinski definition) is 3. The van der Waals surface area contributed by atoms with Gasteiger partial charge in [0.1, 0.15) is 5.69 Å². The third-order valence-corrected chi connectivity index (χ3v) is 5.32. The summed E-state index contributed by atoms with van der Waals surface area (Å²) in [6.07, 6.45) is 3.49. The molecule has 5 heteroatoms. The largest absolute Gasteiger partial charge is 0.383 e. The molecular formula is C23H22ClN3O. The summed E-state index contributed by atoms with van der Waals surface area (Å²) in [4.78, 5) is 19.2. The van der Waals surface area contributed by atoms with Crippen LogP contribution in [0.3, 0.4) is 0 Å². The third-order valence-electron chi connectivity index (χ3n) is 5.06. The van der Waals surface area contributed by atoms with E-state index in [9.17, 15) is 4.79 Å². The zero-order valence-corrected chi connectivity index (χ0v) is 16.5. The lowest BCUT2D eigenvalue weighted by Gasteiger charge is -2.22. The molecule has 0 aliphatic carbocycles.